The number of halogens is 1. The molecule has 5 nitrogen and oxygen atoms in total. The molecule has 144 valence electrons. The standard InChI is InChI=1S/C21H24BrNO4/c1-4-10-27-20-17(22)12-15(13-19(20)26-3)21(24)23-9-5-6-14-11-16(25-2)7-8-18(14)23/h7-8,11-13H,4-6,9-10H2,1-3H3. The van der Waals surface area contributed by atoms with Gasteiger partial charge in [0.1, 0.15) is 5.75 Å². The summed E-state index contributed by atoms with van der Waals surface area (Å²) in [6.07, 6.45) is 2.75. The molecule has 0 fully saturated rings. The molecule has 6 heteroatoms. The van der Waals surface area contributed by atoms with Crippen molar-refractivity contribution in [1.82, 2.24) is 0 Å². The Kier molecular flexibility index (Phi) is 6.26. The summed E-state index contributed by atoms with van der Waals surface area (Å²) in [5, 5.41) is 0. The number of nitrogens with zero attached hydrogens (tertiary/aromatic N) is 1. The molecule has 2 aromatic rings. The molecule has 0 saturated heterocycles. The molecular formula is C21H24BrNO4. The molecule has 0 spiro atoms. The summed E-state index contributed by atoms with van der Waals surface area (Å²) < 4.78 is 17.2. The first-order chi connectivity index (χ1) is 13.1. The monoisotopic (exact) mass is 433 g/mol. The zero-order valence-electron chi connectivity index (χ0n) is 15.9. The average Bonchev–Trinajstić information content (AvgIpc) is 2.70. The van der Waals surface area contributed by atoms with Crippen LogP contribution in [0.3, 0.4) is 0 Å². The Morgan fingerprint density at radius 3 is 2.70 bits per heavy atom. The van der Waals surface area contributed by atoms with Crippen molar-refractivity contribution in [3.63, 3.8) is 0 Å². The largest absolute Gasteiger partial charge is 0.497 e. The van der Waals surface area contributed by atoms with E-state index in [9.17, 15) is 4.79 Å². The van der Waals surface area contributed by atoms with E-state index >= 15 is 0 Å². The van der Waals surface area contributed by atoms with Gasteiger partial charge in [0, 0.05) is 17.8 Å². The van der Waals surface area contributed by atoms with Crippen LogP contribution >= 0.6 is 15.9 Å². The van der Waals surface area contributed by atoms with E-state index in [0.717, 1.165) is 36.3 Å². The number of rotatable bonds is 6. The number of fused-ring (bicyclic) bond motifs is 1. The minimum atomic E-state index is -0.0536. The van der Waals surface area contributed by atoms with E-state index in [1.807, 2.05) is 30.0 Å². The van der Waals surface area contributed by atoms with Gasteiger partial charge in [-0.1, -0.05) is 6.92 Å². The second-order valence-corrected chi connectivity index (χ2v) is 7.25. The Bertz CT molecular complexity index is 837. The zero-order chi connectivity index (χ0) is 19.4. The SMILES string of the molecule is CCCOc1c(Br)cc(C(=O)N2CCCc3cc(OC)ccc32)cc1OC. The Hall–Kier alpha value is -2.21. The first-order valence-electron chi connectivity index (χ1n) is 9.08. The Labute approximate surface area is 168 Å². The van der Waals surface area contributed by atoms with Crippen LogP contribution < -0.4 is 19.1 Å². The van der Waals surface area contributed by atoms with Crippen molar-refractivity contribution in [2.45, 2.75) is 26.2 Å². The lowest BCUT2D eigenvalue weighted by atomic mass is 10.00. The lowest BCUT2D eigenvalue weighted by molar-refractivity contribution is 0.0984. The van der Waals surface area contributed by atoms with E-state index in [0.29, 0.717) is 34.7 Å². The molecule has 0 aliphatic carbocycles. The van der Waals surface area contributed by atoms with E-state index in [2.05, 4.69) is 15.9 Å². The van der Waals surface area contributed by atoms with E-state index in [4.69, 9.17) is 14.2 Å². The minimum Gasteiger partial charge on any atom is -0.497 e. The fourth-order valence-corrected chi connectivity index (χ4v) is 3.81. The van der Waals surface area contributed by atoms with Crippen LogP contribution in [0.25, 0.3) is 0 Å². The van der Waals surface area contributed by atoms with Gasteiger partial charge in [-0.05, 0) is 71.1 Å². The van der Waals surface area contributed by atoms with Gasteiger partial charge in [0.2, 0.25) is 0 Å². The van der Waals surface area contributed by atoms with Crippen LogP contribution in [-0.2, 0) is 6.42 Å². The summed E-state index contributed by atoms with van der Waals surface area (Å²) in [6.45, 7) is 3.32. The highest BCUT2D eigenvalue weighted by Gasteiger charge is 2.25. The van der Waals surface area contributed by atoms with E-state index in [-0.39, 0.29) is 5.91 Å². The number of benzene rings is 2. The van der Waals surface area contributed by atoms with E-state index < -0.39 is 0 Å². The number of aryl methyl sites for hydroxylation is 1. The summed E-state index contributed by atoms with van der Waals surface area (Å²) in [5.74, 6) is 1.93. The molecule has 1 aliphatic heterocycles. The molecule has 0 aromatic heterocycles. The number of amides is 1. The number of methoxy groups -OCH3 is 2. The van der Waals surface area contributed by atoms with Gasteiger partial charge in [0.05, 0.1) is 25.3 Å². The first-order valence-corrected chi connectivity index (χ1v) is 9.87. The van der Waals surface area contributed by atoms with Crippen LogP contribution in [0.5, 0.6) is 17.2 Å². The molecule has 27 heavy (non-hydrogen) atoms. The van der Waals surface area contributed by atoms with Crippen LogP contribution in [0.4, 0.5) is 5.69 Å². The lowest BCUT2D eigenvalue weighted by Crippen LogP contribution is -2.35. The smallest absolute Gasteiger partial charge is 0.258 e. The minimum absolute atomic E-state index is 0.0536. The molecule has 0 unspecified atom stereocenters. The van der Waals surface area contributed by atoms with Gasteiger partial charge in [-0.2, -0.15) is 0 Å². The molecular weight excluding hydrogens is 410 g/mol. The highest BCUT2D eigenvalue weighted by Crippen LogP contribution is 2.38. The number of carbonyl (C=O) groups excluding carboxylic acids is 1. The number of hydrogen-bond donors (Lipinski definition) is 0. The molecule has 1 aliphatic rings. The third kappa shape index (κ3) is 4.05. The number of anilines is 1. The third-order valence-corrected chi connectivity index (χ3v) is 5.17. The maximum atomic E-state index is 13.2. The molecule has 1 heterocycles. The van der Waals surface area contributed by atoms with Crippen molar-refractivity contribution in [3.8, 4) is 17.2 Å². The average molecular weight is 434 g/mol. The van der Waals surface area contributed by atoms with Gasteiger partial charge < -0.3 is 19.1 Å². The van der Waals surface area contributed by atoms with Crippen LogP contribution in [0.2, 0.25) is 0 Å². The van der Waals surface area contributed by atoms with Crippen molar-refractivity contribution in [2.75, 3.05) is 32.3 Å². The lowest BCUT2D eigenvalue weighted by Gasteiger charge is -2.30. The zero-order valence-corrected chi connectivity index (χ0v) is 17.5. The number of ether oxygens (including phenoxy) is 3. The Morgan fingerprint density at radius 1 is 1.19 bits per heavy atom. The fourth-order valence-electron chi connectivity index (χ4n) is 3.25. The summed E-state index contributed by atoms with van der Waals surface area (Å²) in [4.78, 5) is 15.1. The summed E-state index contributed by atoms with van der Waals surface area (Å²) >= 11 is 3.52. The van der Waals surface area contributed by atoms with Gasteiger partial charge in [0.25, 0.3) is 5.91 Å². The predicted molar refractivity (Wildman–Crippen MR) is 109 cm³/mol. The summed E-state index contributed by atoms with van der Waals surface area (Å²) in [7, 11) is 3.23. The predicted octanol–water partition coefficient (Wildman–Crippen LogP) is 4.85. The number of carbonyl (C=O) groups is 1. The molecule has 2 aromatic carbocycles. The van der Waals surface area contributed by atoms with E-state index in [1.165, 1.54) is 0 Å². The second kappa shape index (κ2) is 8.65. The molecule has 0 bridgehead atoms. The second-order valence-electron chi connectivity index (χ2n) is 6.39. The van der Waals surface area contributed by atoms with Gasteiger partial charge in [-0.15, -0.1) is 0 Å². The van der Waals surface area contributed by atoms with Crippen molar-refractivity contribution >= 4 is 27.5 Å². The molecule has 0 saturated carbocycles. The quantitative estimate of drug-likeness (QED) is 0.653. The maximum absolute atomic E-state index is 13.2. The van der Waals surface area contributed by atoms with Crippen molar-refractivity contribution in [1.29, 1.82) is 0 Å². The van der Waals surface area contributed by atoms with Gasteiger partial charge in [0.15, 0.2) is 11.5 Å². The van der Waals surface area contributed by atoms with Crippen molar-refractivity contribution in [3.05, 3.63) is 45.9 Å². The van der Waals surface area contributed by atoms with Gasteiger partial charge in [-0.25, -0.2) is 0 Å². The normalized spacial score (nSPS) is 13.1. The molecule has 3 rings (SSSR count). The third-order valence-electron chi connectivity index (χ3n) is 4.58. The summed E-state index contributed by atoms with van der Waals surface area (Å²) in [5.41, 5.74) is 2.63. The van der Waals surface area contributed by atoms with Crippen LogP contribution in [0.15, 0.2) is 34.8 Å². The fraction of sp³-hybridized carbons (Fsp3) is 0.381. The van der Waals surface area contributed by atoms with Gasteiger partial charge >= 0.3 is 0 Å². The number of hydrogen-bond acceptors (Lipinski definition) is 4. The molecule has 0 radical (unpaired) electrons. The van der Waals surface area contributed by atoms with Crippen molar-refractivity contribution < 1.29 is 19.0 Å². The van der Waals surface area contributed by atoms with Crippen molar-refractivity contribution in [2.24, 2.45) is 0 Å². The molecule has 1 amide bonds. The summed E-state index contributed by atoms with van der Waals surface area (Å²) in [6, 6.07) is 9.40. The first kappa shape index (κ1) is 19.5. The van der Waals surface area contributed by atoms with Crippen LogP contribution in [0, 0.1) is 0 Å². The Balaban J connectivity index is 1.94. The molecule has 0 N–H and O–H groups in total. The topological polar surface area (TPSA) is 48.0 Å². The Morgan fingerprint density at radius 2 is 2.00 bits per heavy atom. The molecule has 0 atom stereocenters. The maximum Gasteiger partial charge on any atom is 0.258 e. The highest BCUT2D eigenvalue weighted by molar-refractivity contribution is 9.10. The highest BCUT2D eigenvalue weighted by atomic mass is 79.9. The van der Waals surface area contributed by atoms with Crippen LogP contribution in [-0.4, -0.2) is 33.3 Å². The van der Waals surface area contributed by atoms with Crippen LogP contribution in [0.1, 0.15) is 35.7 Å². The van der Waals surface area contributed by atoms with Gasteiger partial charge in [-0.3, -0.25) is 4.79 Å². The van der Waals surface area contributed by atoms with E-state index in [1.54, 1.807) is 26.4 Å².